The lowest BCUT2D eigenvalue weighted by Crippen LogP contribution is -2.26. The molecule has 0 aliphatic rings. The largest absolute Gasteiger partial charge is 0.395 e. The van der Waals surface area contributed by atoms with Crippen molar-refractivity contribution in [2.24, 2.45) is 0 Å². The maximum absolute atomic E-state index is 11.3. The van der Waals surface area contributed by atoms with Gasteiger partial charge in [0.1, 0.15) is 0 Å². The Kier molecular flexibility index (Phi) is 4.30. The van der Waals surface area contributed by atoms with Gasteiger partial charge in [0.2, 0.25) is 5.95 Å². The van der Waals surface area contributed by atoms with Gasteiger partial charge in [0.05, 0.1) is 6.61 Å². The van der Waals surface area contributed by atoms with Gasteiger partial charge in [-0.25, -0.2) is 4.98 Å². The zero-order chi connectivity index (χ0) is 11.3. The Morgan fingerprint density at radius 1 is 1.60 bits per heavy atom. The average molecular weight is 211 g/mol. The molecule has 0 bridgehead atoms. The lowest BCUT2D eigenvalue weighted by atomic mass is 10.2. The molecule has 0 spiro atoms. The van der Waals surface area contributed by atoms with Gasteiger partial charge in [-0.05, 0) is 6.42 Å². The fourth-order valence-electron chi connectivity index (χ4n) is 1.31. The van der Waals surface area contributed by atoms with E-state index in [0.717, 1.165) is 18.5 Å². The molecule has 0 aliphatic heterocycles. The van der Waals surface area contributed by atoms with Crippen LogP contribution < -0.4 is 10.5 Å². The Morgan fingerprint density at radius 2 is 2.33 bits per heavy atom. The minimum atomic E-state index is -0.145. The van der Waals surface area contributed by atoms with Gasteiger partial charge < -0.3 is 10.0 Å². The number of hydrogen-bond donors (Lipinski definition) is 2. The number of likely N-dealkylation sites (N-methyl/N-ethyl adjacent to an activating group) is 1. The van der Waals surface area contributed by atoms with Crippen molar-refractivity contribution in [3.63, 3.8) is 0 Å². The number of anilines is 1. The van der Waals surface area contributed by atoms with Crippen molar-refractivity contribution in [3.05, 3.63) is 22.1 Å². The van der Waals surface area contributed by atoms with Crippen LogP contribution >= 0.6 is 0 Å². The second-order valence-electron chi connectivity index (χ2n) is 3.46. The lowest BCUT2D eigenvalue weighted by molar-refractivity contribution is 0.303. The first-order valence-electron chi connectivity index (χ1n) is 5.09. The molecule has 5 nitrogen and oxygen atoms in total. The highest BCUT2D eigenvalue weighted by atomic mass is 16.3. The number of aliphatic hydroxyl groups excluding tert-OH is 1. The highest BCUT2D eigenvalue weighted by Crippen LogP contribution is 2.04. The first-order valence-corrected chi connectivity index (χ1v) is 5.09. The third-order valence-electron chi connectivity index (χ3n) is 2.09. The zero-order valence-corrected chi connectivity index (χ0v) is 9.16. The number of aromatic nitrogens is 2. The number of hydrogen-bond acceptors (Lipinski definition) is 4. The SMILES string of the molecule is CCCc1cc(=O)[nH]c(N(C)CCO)n1. The maximum atomic E-state index is 11.3. The first kappa shape index (κ1) is 11.7. The molecule has 0 amide bonds. The lowest BCUT2D eigenvalue weighted by Gasteiger charge is -2.16. The molecule has 0 saturated carbocycles. The van der Waals surface area contributed by atoms with Gasteiger partial charge in [0.25, 0.3) is 5.56 Å². The summed E-state index contributed by atoms with van der Waals surface area (Å²) in [5.41, 5.74) is 0.647. The fourth-order valence-corrected chi connectivity index (χ4v) is 1.31. The summed E-state index contributed by atoms with van der Waals surface area (Å²) in [6, 6.07) is 1.51. The van der Waals surface area contributed by atoms with E-state index in [1.165, 1.54) is 6.07 Å². The molecular formula is C10H17N3O2. The molecule has 1 rings (SSSR count). The summed E-state index contributed by atoms with van der Waals surface area (Å²) in [5, 5.41) is 8.78. The Bertz CT molecular complexity index is 362. The van der Waals surface area contributed by atoms with Crippen LogP contribution in [-0.4, -0.2) is 35.3 Å². The van der Waals surface area contributed by atoms with Crippen molar-refractivity contribution in [1.29, 1.82) is 0 Å². The number of nitrogens with one attached hydrogen (secondary N) is 1. The molecule has 2 N–H and O–H groups in total. The van der Waals surface area contributed by atoms with Gasteiger partial charge in [-0.15, -0.1) is 0 Å². The first-order chi connectivity index (χ1) is 7.17. The number of aliphatic hydroxyl groups is 1. The molecule has 0 fully saturated rings. The van der Waals surface area contributed by atoms with Crippen LogP contribution in [0.15, 0.2) is 10.9 Å². The third kappa shape index (κ3) is 3.36. The molecule has 1 heterocycles. The van der Waals surface area contributed by atoms with Crippen molar-refractivity contribution in [3.8, 4) is 0 Å². The molecule has 1 aromatic heterocycles. The van der Waals surface area contributed by atoms with E-state index in [1.54, 1.807) is 11.9 Å². The highest BCUT2D eigenvalue weighted by Gasteiger charge is 2.04. The van der Waals surface area contributed by atoms with E-state index in [1.807, 2.05) is 6.92 Å². The molecule has 0 unspecified atom stereocenters. The van der Waals surface area contributed by atoms with Gasteiger partial charge in [0.15, 0.2) is 0 Å². The fraction of sp³-hybridized carbons (Fsp3) is 0.600. The number of aromatic amines is 1. The van der Waals surface area contributed by atoms with Crippen molar-refractivity contribution < 1.29 is 5.11 Å². The van der Waals surface area contributed by atoms with E-state index >= 15 is 0 Å². The van der Waals surface area contributed by atoms with Crippen molar-refractivity contribution in [2.45, 2.75) is 19.8 Å². The standard InChI is InChI=1S/C10H17N3O2/c1-3-4-8-7-9(15)12-10(11-8)13(2)5-6-14/h7,14H,3-6H2,1-2H3,(H,11,12,15). The topological polar surface area (TPSA) is 69.2 Å². The summed E-state index contributed by atoms with van der Waals surface area (Å²) in [6.45, 7) is 2.54. The van der Waals surface area contributed by atoms with Crippen LogP contribution in [0.25, 0.3) is 0 Å². The Hall–Kier alpha value is -1.36. The predicted octanol–water partition coefficient (Wildman–Crippen LogP) is 0.151. The van der Waals surface area contributed by atoms with Gasteiger partial charge in [-0.2, -0.15) is 0 Å². The van der Waals surface area contributed by atoms with Crippen LogP contribution in [0.1, 0.15) is 19.0 Å². The van der Waals surface area contributed by atoms with E-state index in [9.17, 15) is 4.79 Å². The second kappa shape index (κ2) is 5.50. The number of rotatable bonds is 5. The minimum Gasteiger partial charge on any atom is -0.395 e. The minimum absolute atomic E-state index is 0.0399. The van der Waals surface area contributed by atoms with Crippen LogP contribution in [0.5, 0.6) is 0 Å². The average Bonchev–Trinajstić information content (AvgIpc) is 2.17. The molecule has 0 radical (unpaired) electrons. The van der Waals surface area contributed by atoms with E-state index < -0.39 is 0 Å². The van der Waals surface area contributed by atoms with Crippen molar-refractivity contribution in [2.75, 3.05) is 25.1 Å². The molecule has 0 atom stereocenters. The van der Waals surface area contributed by atoms with Crippen LogP contribution in [0.3, 0.4) is 0 Å². The monoisotopic (exact) mass is 211 g/mol. The number of aryl methyl sites for hydroxylation is 1. The number of H-pyrrole nitrogens is 1. The Balaban J connectivity index is 2.92. The molecule has 5 heteroatoms. The Labute approximate surface area is 88.8 Å². The van der Waals surface area contributed by atoms with Gasteiger partial charge in [0, 0.05) is 25.4 Å². The summed E-state index contributed by atoms with van der Waals surface area (Å²) in [6.07, 6.45) is 1.75. The highest BCUT2D eigenvalue weighted by molar-refractivity contribution is 5.28. The van der Waals surface area contributed by atoms with Crippen molar-refractivity contribution >= 4 is 5.95 Å². The van der Waals surface area contributed by atoms with E-state index in [4.69, 9.17) is 5.11 Å². The van der Waals surface area contributed by atoms with E-state index in [0.29, 0.717) is 12.5 Å². The summed E-state index contributed by atoms with van der Waals surface area (Å²) in [7, 11) is 1.78. The molecule has 15 heavy (non-hydrogen) atoms. The van der Waals surface area contributed by atoms with Crippen molar-refractivity contribution in [1.82, 2.24) is 9.97 Å². The smallest absolute Gasteiger partial charge is 0.252 e. The molecule has 0 aromatic carbocycles. The molecule has 0 saturated heterocycles. The zero-order valence-electron chi connectivity index (χ0n) is 9.16. The summed E-state index contributed by atoms with van der Waals surface area (Å²) in [5.74, 6) is 0.514. The molecule has 1 aromatic rings. The van der Waals surface area contributed by atoms with Crippen LogP contribution in [0.2, 0.25) is 0 Å². The quantitative estimate of drug-likeness (QED) is 0.727. The van der Waals surface area contributed by atoms with Gasteiger partial charge in [-0.1, -0.05) is 13.3 Å². The van der Waals surface area contributed by atoms with E-state index in [2.05, 4.69) is 9.97 Å². The van der Waals surface area contributed by atoms with Gasteiger partial charge >= 0.3 is 0 Å². The normalized spacial score (nSPS) is 10.3. The van der Waals surface area contributed by atoms with Crippen LogP contribution in [0.4, 0.5) is 5.95 Å². The molecular weight excluding hydrogens is 194 g/mol. The van der Waals surface area contributed by atoms with Gasteiger partial charge in [-0.3, -0.25) is 9.78 Å². The Morgan fingerprint density at radius 3 is 2.93 bits per heavy atom. The van der Waals surface area contributed by atoms with E-state index in [-0.39, 0.29) is 12.2 Å². The number of nitrogens with zero attached hydrogens (tertiary/aromatic N) is 2. The van der Waals surface area contributed by atoms with Crippen LogP contribution in [-0.2, 0) is 6.42 Å². The maximum Gasteiger partial charge on any atom is 0.252 e. The predicted molar refractivity (Wildman–Crippen MR) is 59.2 cm³/mol. The summed E-state index contributed by atoms with van der Waals surface area (Å²) >= 11 is 0. The van der Waals surface area contributed by atoms with Crippen LogP contribution in [0, 0.1) is 0 Å². The molecule has 84 valence electrons. The second-order valence-corrected chi connectivity index (χ2v) is 3.46. The molecule has 0 aliphatic carbocycles. The summed E-state index contributed by atoms with van der Waals surface area (Å²) in [4.78, 5) is 20.0. The summed E-state index contributed by atoms with van der Waals surface area (Å²) < 4.78 is 0. The third-order valence-corrected chi connectivity index (χ3v) is 2.09.